The van der Waals surface area contributed by atoms with E-state index in [0.29, 0.717) is 5.56 Å². The van der Waals surface area contributed by atoms with Gasteiger partial charge in [0, 0.05) is 16.5 Å². The van der Waals surface area contributed by atoms with E-state index in [1.54, 1.807) is 6.07 Å². The Morgan fingerprint density at radius 2 is 1.59 bits per heavy atom. The third-order valence-corrected chi connectivity index (χ3v) is 6.98. The van der Waals surface area contributed by atoms with Gasteiger partial charge in [0.15, 0.2) is 5.71 Å². The Morgan fingerprint density at radius 3 is 2.11 bits per heavy atom. The molecule has 0 atom stereocenters. The first kappa shape index (κ1) is 20.9. The van der Waals surface area contributed by atoms with Crippen LogP contribution in [0.5, 0.6) is 0 Å². The number of carbonyl (C=O) groups excluding carboxylic acids is 1. The topological polar surface area (TPSA) is 69.5 Å². The molecule has 1 aliphatic carbocycles. The highest BCUT2D eigenvalue weighted by Gasteiger charge is 2.75. The monoisotopic (exact) mass is 374 g/mol. The maximum atomic E-state index is 12.0. The van der Waals surface area contributed by atoms with E-state index in [2.05, 4.69) is 44.9 Å². The quantitative estimate of drug-likeness (QED) is 0.408. The molecule has 0 aliphatic heterocycles. The van der Waals surface area contributed by atoms with Crippen LogP contribution >= 0.6 is 0 Å². The average Bonchev–Trinajstić information content (AvgIpc) is 2.96. The number of rotatable bonds is 7. The fourth-order valence-corrected chi connectivity index (χ4v) is 4.05. The molecule has 0 aromatic heterocycles. The molecular formula is C21H30N2O4. The molecule has 0 spiro atoms. The fraction of sp³-hybridized carbons (Fsp3) is 0.571. The van der Waals surface area contributed by atoms with Gasteiger partial charge in [-0.3, -0.25) is 0 Å². The van der Waals surface area contributed by atoms with Crippen LogP contribution in [0.2, 0.25) is 0 Å². The molecule has 1 saturated carbocycles. The van der Waals surface area contributed by atoms with Crippen LogP contribution in [0.1, 0.15) is 52.7 Å². The van der Waals surface area contributed by atoms with E-state index in [-0.39, 0.29) is 28.6 Å². The minimum Gasteiger partial charge on any atom is -0.464 e. The molecule has 0 saturated heterocycles. The molecular weight excluding hydrogens is 344 g/mol. The van der Waals surface area contributed by atoms with E-state index in [0.717, 1.165) is 11.3 Å². The Kier molecular flexibility index (Phi) is 5.68. The van der Waals surface area contributed by atoms with Crippen molar-refractivity contribution in [3.8, 4) is 0 Å². The maximum absolute atomic E-state index is 12.0. The van der Waals surface area contributed by atoms with Gasteiger partial charge in [0.25, 0.3) is 0 Å². The smallest absolute Gasteiger partial charge is 0.360 e. The minimum atomic E-state index is -0.571. The van der Waals surface area contributed by atoms with Crippen molar-refractivity contribution in [2.24, 2.45) is 26.6 Å². The highest BCUT2D eigenvalue weighted by Crippen LogP contribution is 2.78. The Bertz CT molecular complexity index is 764. The summed E-state index contributed by atoms with van der Waals surface area (Å²) in [6, 6.07) is 7.33. The fourth-order valence-electron chi connectivity index (χ4n) is 4.05. The number of esters is 1. The largest absolute Gasteiger partial charge is 0.464 e. The molecule has 0 radical (unpaired) electrons. The summed E-state index contributed by atoms with van der Waals surface area (Å²) in [6.07, 6.45) is 0. The first-order valence-corrected chi connectivity index (χ1v) is 9.01. The van der Waals surface area contributed by atoms with Gasteiger partial charge in [-0.05, 0) is 17.8 Å². The molecule has 0 heterocycles. The minimum absolute atomic E-state index is 0.0196. The predicted octanol–water partition coefficient (Wildman–Crippen LogP) is 4.17. The number of benzene rings is 1. The number of oxime groups is 2. The molecule has 1 aromatic carbocycles. The zero-order chi connectivity index (χ0) is 20.5. The SMILES string of the molecule is CO/N=C(\C(=O)OC)c1ccccc1CO/N=C(/C)C1(C)C(C)(C)C1(C)C. The van der Waals surface area contributed by atoms with Gasteiger partial charge in [0.05, 0.1) is 12.8 Å². The van der Waals surface area contributed by atoms with Gasteiger partial charge < -0.3 is 14.4 Å². The highest BCUT2D eigenvalue weighted by molar-refractivity contribution is 6.43. The zero-order valence-electron chi connectivity index (χ0n) is 17.5. The van der Waals surface area contributed by atoms with Gasteiger partial charge in [-0.15, -0.1) is 0 Å². The van der Waals surface area contributed by atoms with Crippen LogP contribution in [0, 0.1) is 16.2 Å². The third kappa shape index (κ3) is 3.22. The molecule has 1 fully saturated rings. The molecule has 6 heteroatoms. The normalized spacial score (nSPS) is 20.0. The summed E-state index contributed by atoms with van der Waals surface area (Å²) in [5, 5.41) is 8.19. The zero-order valence-corrected chi connectivity index (χ0v) is 17.5. The summed E-state index contributed by atoms with van der Waals surface area (Å²) in [7, 11) is 2.69. The number of nitrogens with zero attached hydrogens (tertiary/aromatic N) is 2. The van der Waals surface area contributed by atoms with Crippen molar-refractivity contribution < 1.29 is 19.2 Å². The van der Waals surface area contributed by atoms with Crippen LogP contribution in [0.25, 0.3) is 0 Å². The van der Waals surface area contributed by atoms with E-state index in [1.807, 2.05) is 25.1 Å². The molecule has 27 heavy (non-hydrogen) atoms. The standard InChI is InChI=1S/C21H30N2O4/c1-14(21(6)19(2,3)20(21,4)5)22-27-13-15-11-9-10-12-16(15)17(23-26-8)18(24)25-7/h9-12H,13H2,1-8H3/b22-14-,23-17-. The summed E-state index contributed by atoms with van der Waals surface area (Å²) in [6.45, 7) is 13.5. The molecule has 148 valence electrons. The van der Waals surface area contributed by atoms with Crippen molar-refractivity contribution in [2.45, 2.75) is 48.1 Å². The van der Waals surface area contributed by atoms with Gasteiger partial charge >= 0.3 is 5.97 Å². The first-order chi connectivity index (χ1) is 12.6. The molecule has 2 rings (SSSR count). The molecule has 1 aromatic rings. The molecule has 6 nitrogen and oxygen atoms in total. The van der Waals surface area contributed by atoms with Crippen molar-refractivity contribution in [1.82, 2.24) is 0 Å². The van der Waals surface area contributed by atoms with E-state index >= 15 is 0 Å². The van der Waals surface area contributed by atoms with E-state index < -0.39 is 5.97 Å². The van der Waals surface area contributed by atoms with Gasteiger partial charge in [-0.2, -0.15) is 0 Å². The van der Waals surface area contributed by atoms with Crippen molar-refractivity contribution in [3.63, 3.8) is 0 Å². The third-order valence-electron chi connectivity index (χ3n) is 6.98. The van der Waals surface area contributed by atoms with Crippen LogP contribution in [-0.4, -0.2) is 31.6 Å². The predicted molar refractivity (Wildman–Crippen MR) is 106 cm³/mol. The van der Waals surface area contributed by atoms with Gasteiger partial charge in [0.2, 0.25) is 0 Å². The molecule has 0 N–H and O–H groups in total. The lowest BCUT2D eigenvalue weighted by Crippen LogP contribution is -2.20. The van der Waals surface area contributed by atoms with Crippen LogP contribution in [0.4, 0.5) is 0 Å². The second-order valence-electron chi connectivity index (χ2n) is 8.10. The Balaban J connectivity index is 2.21. The number of methoxy groups -OCH3 is 1. The summed E-state index contributed by atoms with van der Waals surface area (Å²) in [4.78, 5) is 22.5. The molecule has 1 aliphatic rings. The molecule has 0 bridgehead atoms. The summed E-state index contributed by atoms with van der Waals surface area (Å²) >= 11 is 0. The lowest BCUT2D eigenvalue weighted by molar-refractivity contribution is -0.132. The van der Waals surface area contributed by atoms with Gasteiger partial charge in [0.1, 0.15) is 13.7 Å². The maximum Gasteiger partial charge on any atom is 0.360 e. The number of carbonyl (C=O) groups is 1. The van der Waals surface area contributed by atoms with Crippen molar-refractivity contribution >= 4 is 17.4 Å². The highest BCUT2D eigenvalue weighted by atomic mass is 16.6. The lowest BCUT2D eigenvalue weighted by Gasteiger charge is -2.15. The summed E-state index contributed by atoms with van der Waals surface area (Å²) in [5.74, 6) is -0.571. The van der Waals surface area contributed by atoms with Crippen LogP contribution < -0.4 is 0 Å². The summed E-state index contributed by atoms with van der Waals surface area (Å²) in [5.41, 5.74) is 2.71. The van der Waals surface area contributed by atoms with E-state index in [4.69, 9.17) is 14.4 Å². The number of hydrogen-bond donors (Lipinski definition) is 0. The van der Waals surface area contributed by atoms with E-state index in [1.165, 1.54) is 14.2 Å². The van der Waals surface area contributed by atoms with Gasteiger partial charge in [-0.1, -0.05) is 69.2 Å². The van der Waals surface area contributed by atoms with Crippen molar-refractivity contribution in [1.29, 1.82) is 0 Å². The molecule has 0 unspecified atom stereocenters. The number of hydrogen-bond acceptors (Lipinski definition) is 6. The van der Waals surface area contributed by atoms with E-state index in [9.17, 15) is 4.79 Å². The second kappa shape index (κ2) is 7.33. The Labute approximate surface area is 161 Å². The van der Waals surface area contributed by atoms with Crippen molar-refractivity contribution in [2.75, 3.05) is 14.2 Å². The van der Waals surface area contributed by atoms with Crippen molar-refractivity contribution in [3.05, 3.63) is 35.4 Å². The van der Waals surface area contributed by atoms with Crippen LogP contribution in [0.3, 0.4) is 0 Å². The lowest BCUT2D eigenvalue weighted by atomic mass is 9.92. The second-order valence-corrected chi connectivity index (χ2v) is 8.10. The van der Waals surface area contributed by atoms with Gasteiger partial charge in [-0.25, -0.2) is 4.79 Å². The summed E-state index contributed by atoms with van der Waals surface area (Å²) < 4.78 is 4.80. The number of ether oxygens (including phenoxy) is 1. The van der Waals surface area contributed by atoms with Crippen LogP contribution in [-0.2, 0) is 25.8 Å². The van der Waals surface area contributed by atoms with Crippen LogP contribution in [0.15, 0.2) is 34.6 Å². The Morgan fingerprint density at radius 1 is 1.00 bits per heavy atom. The Hall–Kier alpha value is -2.37. The first-order valence-electron chi connectivity index (χ1n) is 9.01. The average molecular weight is 374 g/mol. The molecule has 0 amide bonds.